The Balaban J connectivity index is 2.37. The SMILES string of the molecule is CNCCC1(CO)CCOCC1. The maximum atomic E-state index is 9.28. The first-order chi connectivity index (χ1) is 5.83. The summed E-state index contributed by atoms with van der Waals surface area (Å²) in [6.07, 6.45) is 3.07. The lowest BCUT2D eigenvalue weighted by atomic mass is 9.78. The molecule has 0 unspecified atom stereocenters. The highest BCUT2D eigenvalue weighted by atomic mass is 16.5. The van der Waals surface area contributed by atoms with Gasteiger partial charge in [0.25, 0.3) is 0 Å². The van der Waals surface area contributed by atoms with E-state index in [1.165, 1.54) is 0 Å². The van der Waals surface area contributed by atoms with Crippen LogP contribution in [0.25, 0.3) is 0 Å². The smallest absolute Gasteiger partial charge is 0.0489 e. The van der Waals surface area contributed by atoms with Gasteiger partial charge >= 0.3 is 0 Å². The molecule has 1 aliphatic heterocycles. The van der Waals surface area contributed by atoms with Crippen LogP contribution in [0.4, 0.5) is 0 Å². The van der Waals surface area contributed by atoms with E-state index in [-0.39, 0.29) is 5.41 Å². The monoisotopic (exact) mass is 173 g/mol. The van der Waals surface area contributed by atoms with Crippen LogP contribution in [0.2, 0.25) is 0 Å². The zero-order valence-corrected chi connectivity index (χ0v) is 7.81. The third kappa shape index (κ3) is 2.44. The third-order valence-electron chi connectivity index (χ3n) is 2.79. The molecule has 12 heavy (non-hydrogen) atoms. The van der Waals surface area contributed by atoms with Gasteiger partial charge in [-0.2, -0.15) is 0 Å². The fourth-order valence-electron chi connectivity index (χ4n) is 1.68. The average molecular weight is 173 g/mol. The summed E-state index contributed by atoms with van der Waals surface area (Å²) >= 11 is 0. The van der Waals surface area contributed by atoms with Gasteiger partial charge in [0.1, 0.15) is 0 Å². The lowest BCUT2D eigenvalue weighted by Gasteiger charge is -2.35. The molecule has 2 N–H and O–H groups in total. The van der Waals surface area contributed by atoms with E-state index >= 15 is 0 Å². The molecule has 72 valence electrons. The molecule has 1 aliphatic rings. The van der Waals surface area contributed by atoms with Gasteiger partial charge in [-0.1, -0.05) is 0 Å². The van der Waals surface area contributed by atoms with E-state index in [1.54, 1.807) is 0 Å². The Morgan fingerprint density at radius 3 is 2.58 bits per heavy atom. The van der Waals surface area contributed by atoms with Crippen molar-refractivity contribution in [1.82, 2.24) is 5.32 Å². The van der Waals surface area contributed by atoms with Crippen LogP contribution >= 0.6 is 0 Å². The van der Waals surface area contributed by atoms with Crippen LogP contribution in [0.5, 0.6) is 0 Å². The van der Waals surface area contributed by atoms with Crippen molar-refractivity contribution in [2.75, 3.05) is 33.4 Å². The summed E-state index contributed by atoms with van der Waals surface area (Å²) in [5.41, 5.74) is 0.140. The first-order valence-electron chi connectivity index (χ1n) is 4.66. The van der Waals surface area contributed by atoms with E-state index in [0.29, 0.717) is 6.61 Å². The van der Waals surface area contributed by atoms with E-state index in [2.05, 4.69) is 5.32 Å². The van der Waals surface area contributed by atoms with Crippen LogP contribution in [-0.2, 0) is 4.74 Å². The molecule has 0 aromatic carbocycles. The maximum absolute atomic E-state index is 9.28. The fourth-order valence-corrected chi connectivity index (χ4v) is 1.68. The average Bonchev–Trinajstić information content (AvgIpc) is 2.16. The van der Waals surface area contributed by atoms with E-state index in [0.717, 1.165) is 39.0 Å². The van der Waals surface area contributed by atoms with Crippen molar-refractivity contribution in [1.29, 1.82) is 0 Å². The van der Waals surface area contributed by atoms with Crippen LogP contribution in [-0.4, -0.2) is 38.5 Å². The number of aliphatic hydroxyl groups excluding tert-OH is 1. The van der Waals surface area contributed by atoms with Gasteiger partial charge in [0.15, 0.2) is 0 Å². The second-order valence-corrected chi connectivity index (χ2v) is 3.62. The molecule has 0 bridgehead atoms. The Hall–Kier alpha value is -0.120. The standard InChI is InChI=1S/C9H19NO2/c1-10-5-2-9(8-11)3-6-12-7-4-9/h10-11H,2-8H2,1H3. The van der Waals surface area contributed by atoms with Crippen LogP contribution < -0.4 is 5.32 Å². The number of ether oxygens (including phenoxy) is 1. The van der Waals surface area contributed by atoms with Crippen molar-refractivity contribution in [3.05, 3.63) is 0 Å². The predicted molar refractivity (Wildman–Crippen MR) is 48.1 cm³/mol. The van der Waals surface area contributed by atoms with E-state index in [1.807, 2.05) is 7.05 Å². The van der Waals surface area contributed by atoms with Gasteiger partial charge in [-0.05, 0) is 38.3 Å². The Kier molecular flexibility index (Phi) is 3.98. The van der Waals surface area contributed by atoms with Crippen molar-refractivity contribution in [2.24, 2.45) is 5.41 Å². The van der Waals surface area contributed by atoms with Gasteiger partial charge in [-0.25, -0.2) is 0 Å². The molecular formula is C9H19NO2. The highest BCUT2D eigenvalue weighted by molar-refractivity contribution is 4.81. The van der Waals surface area contributed by atoms with Gasteiger partial charge in [0.05, 0.1) is 0 Å². The summed E-state index contributed by atoms with van der Waals surface area (Å²) in [5, 5.41) is 12.4. The molecule has 1 fully saturated rings. The van der Waals surface area contributed by atoms with Gasteiger partial charge < -0.3 is 15.2 Å². The Morgan fingerprint density at radius 2 is 2.08 bits per heavy atom. The van der Waals surface area contributed by atoms with E-state index in [4.69, 9.17) is 4.74 Å². The molecule has 3 nitrogen and oxygen atoms in total. The molecule has 0 amide bonds. The van der Waals surface area contributed by atoms with Gasteiger partial charge in [-0.15, -0.1) is 0 Å². The van der Waals surface area contributed by atoms with Crippen molar-refractivity contribution in [3.8, 4) is 0 Å². The Morgan fingerprint density at radius 1 is 1.42 bits per heavy atom. The summed E-state index contributed by atoms with van der Waals surface area (Å²) in [7, 11) is 1.95. The first-order valence-corrected chi connectivity index (χ1v) is 4.66. The molecule has 1 saturated heterocycles. The molecule has 0 atom stereocenters. The highest BCUT2D eigenvalue weighted by Crippen LogP contribution is 2.32. The molecule has 1 rings (SSSR count). The zero-order valence-electron chi connectivity index (χ0n) is 7.81. The Labute approximate surface area is 74.1 Å². The quantitative estimate of drug-likeness (QED) is 0.646. The maximum Gasteiger partial charge on any atom is 0.0489 e. The first kappa shape index (κ1) is 9.96. The predicted octanol–water partition coefficient (Wildman–Crippen LogP) is 0.385. The minimum absolute atomic E-state index is 0.140. The molecule has 0 saturated carbocycles. The van der Waals surface area contributed by atoms with Crippen LogP contribution in [0.1, 0.15) is 19.3 Å². The normalized spacial score (nSPS) is 22.5. The molecule has 1 heterocycles. The van der Waals surface area contributed by atoms with Crippen molar-refractivity contribution in [2.45, 2.75) is 19.3 Å². The minimum atomic E-state index is 0.140. The summed E-state index contributed by atoms with van der Waals surface area (Å²) in [6, 6.07) is 0. The third-order valence-corrected chi connectivity index (χ3v) is 2.79. The summed E-state index contributed by atoms with van der Waals surface area (Å²) in [4.78, 5) is 0. The number of rotatable bonds is 4. The molecule has 0 aliphatic carbocycles. The van der Waals surface area contributed by atoms with Crippen molar-refractivity contribution in [3.63, 3.8) is 0 Å². The van der Waals surface area contributed by atoms with Crippen molar-refractivity contribution < 1.29 is 9.84 Å². The number of nitrogens with one attached hydrogen (secondary N) is 1. The number of hydrogen-bond donors (Lipinski definition) is 2. The minimum Gasteiger partial charge on any atom is -0.396 e. The molecule has 0 radical (unpaired) electrons. The van der Waals surface area contributed by atoms with Gasteiger partial charge in [0.2, 0.25) is 0 Å². The second kappa shape index (κ2) is 4.80. The number of hydrogen-bond acceptors (Lipinski definition) is 3. The fraction of sp³-hybridized carbons (Fsp3) is 1.00. The lowest BCUT2D eigenvalue weighted by Crippen LogP contribution is -2.35. The highest BCUT2D eigenvalue weighted by Gasteiger charge is 2.30. The van der Waals surface area contributed by atoms with Gasteiger partial charge in [0, 0.05) is 19.8 Å². The molecular weight excluding hydrogens is 154 g/mol. The Bertz CT molecular complexity index is 122. The van der Waals surface area contributed by atoms with Gasteiger partial charge in [-0.3, -0.25) is 0 Å². The summed E-state index contributed by atoms with van der Waals surface area (Å²) in [5.74, 6) is 0. The largest absolute Gasteiger partial charge is 0.396 e. The van der Waals surface area contributed by atoms with Crippen LogP contribution in [0.3, 0.4) is 0 Å². The van der Waals surface area contributed by atoms with Crippen molar-refractivity contribution >= 4 is 0 Å². The second-order valence-electron chi connectivity index (χ2n) is 3.62. The van der Waals surface area contributed by atoms with Crippen LogP contribution in [0, 0.1) is 5.41 Å². The number of aliphatic hydroxyl groups is 1. The lowest BCUT2D eigenvalue weighted by molar-refractivity contribution is -0.0200. The molecule has 0 aromatic heterocycles. The topological polar surface area (TPSA) is 41.5 Å². The summed E-state index contributed by atoms with van der Waals surface area (Å²) in [6.45, 7) is 2.91. The molecule has 0 aromatic rings. The zero-order chi connectivity index (χ0) is 8.86. The summed E-state index contributed by atoms with van der Waals surface area (Å²) < 4.78 is 5.28. The van der Waals surface area contributed by atoms with E-state index in [9.17, 15) is 5.11 Å². The molecule has 3 heteroatoms. The molecule has 0 spiro atoms. The van der Waals surface area contributed by atoms with E-state index < -0.39 is 0 Å². The van der Waals surface area contributed by atoms with Crippen LogP contribution in [0.15, 0.2) is 0 Å².